The third-order valence-corrected chi connectivity index (χ3v) is 8.84. The van der Waals surface area contributed by atoms with Crippen molar-refractivity contribution in [1.29, 1.82) is 0 Å². The van der Waals surface area contributed by atoms with Crippen LogP contribution in [0.25, 0.3) is 0 Å². The van der Waals surface area contributed by atoms with Crippen LogP contribution >= 0.6 is 0 Å². The second kappa shape index (κ2) is 12.9. The Balaban J connectivity index is 1.37. The summed E-state index contributed by atoms with van der Waals surface area (Å²) in [5, 5.41) is 17.2. The van der Waals surface area contributed by atoms with Gasteiger partial charge in [0.05, 0.1) is 17.6 Å². The lowest BCUT2D eigenvalue weighted by molar-refractivity contribution is -0.132. The maximum absolute atomic E-state index is 15.3. The number of aliphatic imine (C=N–C) groups is 1. The fourth-order valence-corrected chi connectivity index (χ4v) is 6.63. The van der Waals surface area contributed by atoms with E-state index in [9.17, 15) is 14.4 Å². The first-order valence-electron chi connectivity index (χ1n) is 15.2. The lowest BCUT2D eigenvalue weighted by Crippen LogP contribution is -2.52. The number of fused-ring (bicyclic) bond motifs is 5. The number of aryl methyl sites for hydroxylation is 1. The number of benzodiazepines with no additional fused rings is 1. The Morgan fingerprint density at radius 2 is 1.69 bits per heavy atom. The Hall–Kier alpha value is -5.06. The molecule has 232 valence electrons. The molecule has 3 aliphatic heterocycles. The summed E-state index contributed by atoms with van der Waals surface area (Å²) in [7, 11) is 0. The van der Waals surface area contributed by atoms with Gasteiger partial charge in [0.1, 0.15) is 12.4 Å². The first kappa shape index (κ1) is 30.0. The molecule has 3 fully saturated rings. The summed E-state index contributed by atoms with van der Waals surface area (Å²) in [6.45, 7) is 2.93. The highest BCUT2D eigenvalue weighted by atomic mass is 19.1. The zero-order chi connectivity index (χ0) is 31.5. The van der Waals surface area contributed by atoms with Crippen LogP contribution < -0.4 is 15.5 Å². The van der Waals surface area contributed by atoms with Gasteiger partial charge in [-0.15, -0.1) is 0 Å². The molecule has 2 bridgehead atoms. The van der Waals surface area contributed by atoms with Crippen LogP contribution in [0.4, 0.5) is 20.6 Å². The monoisotopic (exact) mass is 610 g/mol. The number of nitrogens with one attached hydrogen (secondary N) is 2. The van der Waals surface area contributed by atoms with Crippen LogP contribution in [0, 0.1) is 24.6 Å². The van der Waals surface area contributed by atoms with Crippen molar-refractivity contribution in [3.05, 3.63) is 94.8 Å². The minimum Gasteiger partial charge on any atom is -0.411 e. The van der Waals surface area contributed by atoms with E-state index in [2.05, 4.69) is 20.8 Å². The number of amides is 4. The van der Waals surface area contributed by atoms with Gasteiger partial charge in [-0.25, -0.2) is 14.2 Å². The van der Waals surface area contributed by atoms with Crippen molar-refractivity contribution in [3.8, 4) is 0 Å². The van der Waals surface area contributed by atoms with Crippen LogP contribution in [0.2, 0.25) is 0 Å². The first-order chi connectivity index (χ1) is 21.8. The summed E-state index contributed by atoms with van der Waals surface area (Å²) < 4.78 is 15.3. The van der Waals surface area contributed by atoms with Crippen molar-refractivity contribution in [2.45, 2.75) is 38.8 Å². The SMILES string of the molecule is Cc1cccc2c1N(CC(=O)N1CC3CCC(CC3)C1)C(=O)[C@H](NC(=O)Nc1cccc(C=NO)c1)N=C2c1ccccc1F. The number of oxime groups is 1. The molecule has 1 saturated carbocycles. The Morgan fingerprint density at radius 1 is 1.00 bits per heavy atom. The number of para-hydroxylation sites is 1. The Morgan fingerprint density at radius 3 is 2.40 bits per heavy atom. The predicted octanol–water partition coefficient (Wildman–Crippen LogP) is 4.92. The van der Waals surface area contributed by atoms with Gasteiger partial charge in [0, 0.05) is 29.9 Å². The standard InChI is InChI=1S/C34H35FN6O4/c1-21-6-4-10-27-30(26-9-2-3-11-28(26)35)38-32(39-34(44)37-25-8-5-7-24(16-25)17-36-45)33(43)41(31(21)27)20-29(42)40-18-22-12-13-23(19-40)15-14-22/h2-11,16-17,22-23,32,45H,12-15,18-20H2,1H3,(H2,37,39,44)/t22?,23?,32-/m0/s1. The van der Waals surface area contributed by atoms with Gasteiger partial charge < -0.3 is 20.7 Å². The molecule has 2 saturated heterocycles. The molecule has 3 aromatic carbocycles. The maximum Gasteiger partial charge on any atom is 0.321 e. The Bertz CT molecular complexity index is 1670. The quantitative estimate of drug-likeness (QED) is 0.208. The van der Waals surface area contributed by atoms with Gasteiger partial charge in [-0.05, 0) is 79.8 Å². The van der Waals surface area contributed by atoms with Crippen LogP contribution in [0.3, 0.4) is 0 Å². The van der Waals surface area contributed by atoms with E-state index in [1.807, 2.05) is 17.9 Å². The third-order valence-electron chi connectivity index (χ3n) is 8.84. The molecule has 1 aliphatic carbocycles. The Labute approximate surface area is 260 Å². The van der Waals surface area contributed by atoms with Crippen molar-refractivity contribution in [2.24, 2.45) is 22.0 Å². The largest absolute Gasteiger partial charge is 0.411 e. The number of hydrogen-bond acceptors (Lipinski definition) is 6. The molecule has 1 atom stereocenters. The molecule has 0 aromatic heterocycles. The summed E-state index contributed by atoms with van der Waals surface area (Å²) in [5.74, 6) is -0.405. The van der Waals surface area contributed by atoms with E-state index in [1.54, 1.807) is 54.6 Å². The number of urea groups is 1. The average Bonchev–Trinajstić information content (AvgIpc) is 3.41. The summed E-state index contributed by atoms with van der Waals surface area (Å²) in [6.07, 6.45) is 4.17. The molecule has 0 unspecified atom stereocenters. The number of benzene rings is 3. The number of carbonyl (C=O) groups excluding carboxylic acids is 3. The fourth-order valence-electron chi connectivity index (χ4n) is 6.63. The van der Waals surface area contributed by atoms with E-state index in [-0.39, 0.29) is 23.7 Å². The Kier molecular flexibility index (Phi) is 8.59. The highest BCUT2D eigenvalue weighted by molar-refractivity contribution is 6.21. The maximum atomic E-state index is 15.3. The molecule has 4 aliphatic rings. The molecule has 7 rings (SSSR count). The summed E-state index contributed by atoms with van der Waals surface area (Å²) in [5.41, 5.74) is 2.92. The molecule has 3 N–H and O–H groups in total. The summed E-state index contributed by atoms with van der Waals surface area (Å²) >= 11 is 0. The molecule has 3 aromatic rings. The minimum absolute atomic E-state index is 0.164. The topological polar surface area (TPSA) is 127 Å². The zero-order valence-corrected chi connectivity index (χ0v) is 24.9. The van der Waals surface area contributed by atoms with Crippen molar-refractivity contribution >= 4 is 41.1 Å². The molecule has 0 spiro atoms. The summed E-state index contributed by atoms with van der Waals surface area (Å²) in [4.78, 5) is 49.4. The van der Waals surface area contributed by atoms with Gasteiger partial charge >= 0.3 is 6.03 Å². The van der Waals surface area contributed by atoms with Crippen LogP contribution in [-0.4, -0.2) is 65.7 Å². The average molecular weight is 611 g/mol. The number of hydrogen-bond donors (Lipinski definition) is 3. The molecular formula is C34H35FN6O4. The van der Waals surface area contributed by atoms with E-state index in [0.717, 1.165) is 25.7 Å². The van der Waals surface area contributed by atoms with Gasteiger partial charge in [0.2, 0.25) is 12.1 Å². The van der Waals surface area contributed by atoms with Crippen LogP contribution in [0.1, 0.15) is 47.9 Å². The number of halogens is 1. The molecule has 10 nitrogen and oxygen atoms in total. The second-order valence-corrected chi connectivity index (χ2v) is 11.9. The molecule has 0 radical (unpaired) electrons. The molecule has 11 heteroatoms. The summed E-state index contributed by atoms with van der Waals surface area (Å²) in [6, 6.07) is 17.3. The highest BCUT2D eigenvalue weighted by Crippen LogP contribution is 2.35. The van der Waals surface area contributed by atoms with E-state index in [1.165, 1.54) is 17.2 Å². The normalized spacial score (nSPS) is 21.2. The lowest BCUT2D eigenvalue weighted by Gasteiger charge is -2.30. The van der Waals surface area contributed by atoms with Crippen molar-refractivity contribution in [2.75, 3.05) is 29.9 Å². The van der Waals surface area contributed by atoms with Gasteiger partial charge in [-0.2, -0.15) is 0 Å². The highest BCUT2D eigenvalue weighted by Gasteiger charge is 2.38. The van der Waals surface area contributed by atoms with E-state index >= 15 is 4.39 Å². The fraction of sp³-hybridized carbons (Fsp3) is 0.324. The molecule has 45 heavy (non-hydrogen) atoms. The number of nitrogens with zero attached hydrogens (tertiary/aromatic N) is 4. The minimum atomic E-state index is -1.47. The van der Waals surface area contributed by atoms with Gasteiger partial charge in [0.25, 0.3) is 5.91 Å². The first-order valence-corrected chi connectivity index (χ1v) is 15.2. The number of carbonyl (C=O) groups is 3. The predicted molar refractivity (Wildman–Crippen MR) is 169 cm³/mol. The zero-order valence-electron chi connectivity index (χ0n) is 24.9. The van der Waals surface area contributed by atoms with Crippen LogP contribution in [0.15, 0.2) is 76.9 Å². The van der Waals surface area contributed by atoms with Crippen molar-refractivity contribution in [1.82, 2.24) is 10.2 Å². The smallest absolute Gasteiger partial charge is 0.321 e. The van der Waals surface area contributed by atoms with Crippen LogP contribution in [-0.2, 0) is 9.59 Å². The van der Waals surface area contributed by atoms with Gasteiger partial charge in [0.15, 0.2) is 0 Å². The molecular weight excluding hydrogens is 575 g/mol. The van der Waals surface area contributed by atoms with E-state index in [4.69, 9.17) is 5.21 Å². The number of rotatable bonds is 6. The van der Waals surface area contributed by atoms with E-state index < -0.39 is 23.9 Å². The lowest BCUT2D eigenvalue weighted by atomic mass is 9.84. The van der Waals surface area contributed by atoms with Crippen molar-refractivity contribution in [3.63, 3.8) is 0 Å². The van der Waals surface area contributed by atoms with Gasteiger partial charge in [-0.3, -0.25) is 14.5 Å². The van der Waals surface area contributed by atoms with Crippen molar-refractivity contribution < 1.29 is 24.0 Å². The molecule has 4 amide bonds. The molecule has 3 heterocycles. The second-order valence-electron chi connectivity index (χ2n) is 11.9. The van der Waals surface area contributed by atoms with Gasteiger partial charge in [-0.1, -0.05) is 47.6 Å². The van der Waals surface area contributed by atoms with E-state index in [0.29, 0.717) is 53.0 Å². The number of anilines is 2. The third kappa shape index (κ3) is 6.43. The van der Waals surface area contributed by atoms with Crippen LogP contribution in [0.5, 0.6) is 0 Å².